The molecule has 3 nitrogen and oxygen atoms in total. The Morgan fingerprint density at radius 3 is 2.57 bits per heavy atom. The molecule has 7 heteroatoms. The lowest BCUT2D eigenvalue weighted by atomic mass is 10.0. The normalized spacial score (nSPS) is 15.5. The Kier molecular flexibility index (Phi) is 3.47. The lowest BCUT2D eigenvalue weighted by Crippen LogP contribution is -2.09. The molecule has 1 saturated carbocycles. The van der Waals surface area contributed by atoms with Crippen LogP contribution in [0.5, 0.6) is 0 Å². The Morgan fingerprint density at radius 1 is 1.33 bits per heavy atom. The number of aryl methyl sites for hydroxylation is 1. The molecule has 0 N–H and O–H groups in total. The summed E-state index contributed by atoms with van der Waals surface area (Å²) in [5.41, 5.74) is 2.73. The Bertz CT molecular complexity index is 675. The molecule has 1 aliphatic rings. The first-order valence-electron chi connectivity index (χ1n) is 6.75. The second kappa shape index (κ2) is 5.05. The van der Waals surface area contributed by atoms with Gasteiger partial charge < -0.3 is 0 Å². The van der Waals surface area contributed by atoms with Crippen LogP contribution in [-0.2, 0) is 12.6 Å². The van der Waals surface area contributed by atoms with Crippen molar-refractivity contribution in [3.8, 4) is 5.69 Å². The molecule has 1 heterocycles. The summed E-state index contributed by atoms with van der Waals surface area (Å²) in [7, 11) is 0. The summed E-state index contributed by atoms with van der Waals surface area (Å²) in [4.78, 5) is 4.14. The van der Waals surface area contributed by atoms with Crippen molar-refractivity contribution >= 4 is 12.6 Å². The molecular formula is C14H14F3N3S. The predicted molar refractivity (Wildman–Crippen MR) is 75.0 cm³/mol. The minimum atomic E-state index is -4.53. The smallest absolute Gasteiger partial charge is 0.220 e. The maximum atomic E-state index is 12.6. The van der Waals surface area contributed by atoms with E-state index in [0.29, 0.717) is 18.0 Å². The maximum Gasteiger partial charge on any atom is 0.453 e. The van der Waals surface area contributed by atoms with Crippen molar-refractivity contribution in [3.63, 3.8) is 0 Å². The average molecular weight is 313 g/mol. The number of aromatic nitrogens is 3. The number of hydrogen-bond acceptors (Lipinski definition) is 3. The van der Waals surface area contributed by atoms with Crippen molar-refractivity contribution in [3.05, 3.63) is 35.4 Å². The molecule has 1 fully saturated rings. The van der Waals surface area contributed by atoms with Gasteiger partial charge in [-0.2, -0.15) is 13.2 Å². The molecule has 21 heavy (non-hydrogen) atoms. The molecule has 1 aromatic heterocycles. The van der Waals surface area contributed by atoms with Gasteiger partial charge in [-0.05, 0) is 42.4 Å². The summed E-state index contributed by atoms with van der Waals surface area (Å²) in [5, 5.41) is 3.54. The van der Waals surface area contributed by atoms with Crippen molar-refractivity contribution in [1.29, 1.82) is 0 Å². The van der Waals surface area contributed by atoms with Gasteiger partial charge in [0, 0.05) is 4.90 Å². The fourth-order valence-electron chi connectivity index (χ4n) is 2.37. The van der Waals surface area contributed by atoms with E-state index in [1.165, 1.54) is 10.2 Å². The molecule has 1 aromatic carbocycles. The summed E-state index contributed by atoms with van der Waals surface area (Å²) < 4.78 is 39.0. The summed E-state index contributed by atoms with van der Waals surface area (Å²) in [6.45, 7) is 1.97. The summed E-state index contributed by atoms with van der Waals surface area (Å²) in [5.74, 6) is -0.588. The van der Waals surface area contributed by atoms with Gasteiger partial charge in [0.25, 0.3) is 5.82 Å². The summed E-state index contributed by atoms with van der Waals surface area (Å²) in [6.07, 6.45) is -0.420. The van der Waals surface area contributed by atoms with E-state index in [-0.39, 0.29) is 0 Å². The van der Waals surface area contributed by atoms with Crippen molar-refractivity contribution < 1.29 is 13.2 Å². The van der Waals surface area contributed by atoms with Crippen LogP contribution in [0.1, 0.15) is 42.6 Å². The van der Waals surface area contributed by atoms with Crippen LogP contribution in [0, 0.1) is 0 Å². The van der Waals surface area contributed by atoms with Crippen molar-refractivity contribution in [2.24, 2.45) is 0 Å². The van der Waals surface area contributed by atoms with Gasteiger partial charge in [-0.25, -0.2) is 9.67 Å². The molecule has 0 bridgehead atoms. The molecule has 3 rings (SSSR count). The second-order valence-corrected chi connectivity index (χ2v) is 5.66. The Hall–Kier alpha value is -1.50. The number of thiol groups is 1. The largest absolute Gasteiger partial charge is 0.453 e. The maximum absolute atomic E-state index is 12.6. The zero-order valence-electron chi connectivity index (χ0n) is 11.4. The number of alkyl halides is 3. The molecule has 0 unspecified atom stereocenters. The zero-order valence-corrected chi connectivity index (χ0v) is 12.2. The number of halogens is 3. The topological polar surface area (TPSA) is 30.7 Å². The lowest BCUT2D eigenvalue weighted by Gasteiger charge is -2.12. The standard InChI is InChI=1S/C14H14F3N3S/c1-2-8-5-10(9-3-4-9)12(21)6-11(8)20-7-18-13(19-20)14(15,16)17/h5-7,9,21H,2-4H2,1H3. The third kappa shape index (κ3) is 2.79. The van der Waals surface area contributed by atoms with Crippen LogP contribution in [0.15, 0.2) is 23.4 Å². The van der Waals surface area contributed by atoms with Gasteiger partial charge >= 0.3 is 6.18 Å². The summed E-state index contributed by atoms with van der Waals surface area (Å²) >= 11 is 4.46. The highest BCUT2D eigenvalue weighted by Crippen LogP contribution is 2.44. The van der Waals surface area contributed by atoms with Crippen molar-refractivity contribution in [2.75, 3.05) is 0 Å². The van der Waals surface area contributed by atoms with Gasteiger partial charge in [-0.1, -0.05) is 13.0 Å². The van der Waals surface area contributed by atoms with Crippen LogP contribution in [0.2, 0.25) is 0 Å². The first kappa shape index (κ1) is 14.4. The van der Waals surface area contributed by atoms with E-state index in [2.05, 4.69) is 22.7 Å². The first-order valence-corrected chi connectivity index (χ1v) is 7.20. The van der Waals surface area contributed by atoms with Gasteiger partial charge in [0.15, 0.2) is 0 Å². The fraction of sp³-hybridized carbons (Fsp3) is 0.429. The Labute approximate surface area is 125 Å². The van der Waals surface area contributed by atoms with E-state index in [9.17, 15) is 13.2 Å². The van der Waals surface area contributed by atoms with Crippen LogP contribution in [0.25, 0.3) is 5.69 Å². The molecule has 0 saturated heterocycles. The van der Waals surface area contributed by atoms with E-state index in [1.807, 2.05) is 13.0 Å². The van der Waals surface area contributed by atoms with Crippen molar-refractivity contribution in [1.82, 2.24) is 14.8 Å². The zero-order chi connectivity index (χ0) is 15.2. The highest BCUT2D eigenvalue weighted by Gasteiger charge is 2.36. The van der Waals surface area contributed by atoms with E-state index in [1.54, 1.807) is 6.07 Å². The van der Waals surface area contributed by atoms with E-state index in [0.717, 1.165) is 29.6 Å². The first-order chi connectivity index (χ1) is 9.90. The molecule has 0 aliphatic heterocycles. The molecule has 2 aromatic rings. The van der Waals surface area contributed by atoms with Gasteiger partial charge in [0.1, 0.15) is 6.33 Å². The van der Waals surface area contributed by atoms with Crippen LogP contribution in [0.3, 0.4) is 0 Å². The number of benzene rings is 1. The van der Waals surface area contributed by atoms with Gasteiger partial charge in [-0.3, -0.25) is 0 Å². The van der Waals surface area contributed by atoms with E-state index < -0.39 is 12.0 Å². The Morgan fingerprint density at radius 2 is 2.05 bits per heavy atom. The van der Waals surface area contributed by atoms with Crippen LogP contribution in [-0.4, -0.2) is 14.8 Å². The third-order valence-corrected chi connectivity index (χ3v) is 4.01. The summed E-state index contributed by atoms with van der Waals surface area (Å²) in [6, 6.07) is 3.81. The minimum Gasteiger partial charge on any atom is -0.220 e. The van der Waals surface area contributed by atoms with Crippen LogP contribution < -0.4 is 0 Å². The molecule has 0 amide bonds. The predicted octanol–water partition coefficient (Wildman–Crippen LogP) is 4.01. The van der Waals surface area contributed by atoms with Gasteiger partial charge in [-0.15, -0.1) is 17.7 Å². The number of nitrogens with zero attached hydrogens (tertiary/aromatic N) is 3. The van der Waals surface area contributed by atoms with Gasteiger partial charge in [0.2, 0.25) is 0 Å². The quantitative estimate of drug-likeness (QED) is 0.868. The second-order valence-electron chi connectivity index (χ2n) is 5.18. The van der Waals surface area contributed by atoms with Crippen LogP contribution in [0.4, 0.5) is 13.2 Å². The number of hydrogen-bond donors (Lipinski definition) is 1. The molecule has 112 valence electrons. The molecular weight excluding hydrogens is 299 g/mol. The molecule has 0 atom stereocenters. The Balaban J connectivity index is 2.05. The fourth-order valence-corrected chi connectivity index (χ4v) is 2.74. The average Bonchev–Trinajstić information content (AvgIpc) is 3.13. The van der Waals surface area contributed by atoms with E-state index >= 15 is 0 Å². The monoisotopic (exact) mass is 313 g/mol. The highest BCUT2D eigenvalue weighted by atomic mass is 32.1. The van der Waals surface area contributed by atoms with Crippen LogP contribution >= 0.6 is 12.6 Å². The highest BCUT2D eigenvalue weighted by molar-refractivity contribution is 7.80. The number of rotatable bonds is 3. The SMILES string of the molecule is CCc1cc(C2CC2)c(S)cc1-n1cnc(C(F)(F)F)n1. The molecule has 1 aliphatic carbocycles. The molecule has 0 radical (unpaired) electrons. The lowest BCUT2D eigenvalue weighted by molar-refractivity contribution is -0.144. The molecule has 0 spiro atoms. The minimum absolute atomic E-state index is 0.540. The van der Waals surface area contributed by atoms with Gasteiger partial charge in [0.05, 0.1) is 5.69 Å². The third-order valence-electron chi connectivity index (χ3n) is 3.62. The van der Waals surface area contributed by atoms with E-state index in [4.69, 9.17) is 0 Å². The van der Waals surface area contributed by atoms with Crippen molar-refractivity contribution in [2.45, 2.75) is 43.2 Å².